The van der Waals surface area contributed by atoms with Gasteiger partial charge in [0.1, 0.15) is 5.82 Å². The summed E-state index contributed by atoms with van der Waals surface area (Å²) in [6.07, 6.45) is 0. The van der Waals surface area contributed by atoms with Gasteiger partial charge in [0.2, 0.25) is 0 Å². The number of amides is 1. The minimum atomic E-state index is -0.488. The van der Waals surface area contributed by atoms with Crippen LogP contribution in [-0.4, -0.2) is 34.1 Å². The molecule has 1 amide bonds. The Hall–Kier alpha value is -2.21. The fraction of sp³-hybridized carbons (Fsp3) is 0.267. The first kappa shape index (κ1) is 16.2. The molecule has 0 saturated carbocycles. The van der Waals surface area contributed by atoms with E-state index < -0.39 is 5.82 Å². The van der Waals surface area contributed by atoms with Crippen LogP contribution in [0.5, 0.6) is 0 Å². The number of aromatic nitrogens is 2. The molecule has 0 unspecified atom stereocenters. The van der Waals surface area contributed by atoms with Gasteiger partial charge in [-0.3, -0.25) is 4.79 Å². The molecule has 0 atom stereocenters. The number of carbonyl (C=O) groups is 1. The molecule has 0 aliphatic rings. The maximum atomic E-state index is 13.1. The standard InChI is InChI=1S/C15H16ClFN4O/c1-3-21(4-2)15(22)13-7-8-14(20-19-13)18-10-5-6-12(17)11(16)9-10/h5-9H,3-4H2,1-2H3,(H,18,20). The zero-order chi connectivity index (χ0) is 16.1. The van der Waals surface area contributed by atoms with Crippen molar-refractivity contribution in [2.24, 2.45) is 0 Å². The van der Waals surface area contributed by atoms with Crippen LogP contribution in [0.1, 0.15) is 24.3 Å². The van der Waals surface area contributed by atoms with Crippen molar-refractivity contribution in [1.29, 1.82) is 0 Å². The van der Waals surface area contributed by atoms with E-state index >= 15 is 0 Å². The molecule has 1 aromatic heterocycles. The Morgan fingerprint density at radius 3 is 2.50 bits per heavy atom. The van der Waals surface area contributed by atoms with Crippen molar-refractivity contribution in [3.63, 3.8) is 0 Å². The highest BCUT2D eigenvalue weighted by Gasteiger charge is 2.14. The van der Waals surface area contributed by atoms with Crippen molar-refractivity contribution in [2.75, 3.05) is 18.4 Å². The lowest BCUT2D eigenvalue weighted by molar-refractivity contribution is 0.0766. The Morgan fingerprint density at radius 1 is 1.23 bits per heavy atom. The number of nitrogens with zero attached hydrogens (tertiary/aromatic N) is 3. The zero-order valence-electron chi connectivity index (χ0n) is 12.3. The topological polar surface area (TPSA) is 58.1 Å². The van der Waals surface area contributed by atoms with Gasteiger partial charge in [-0.25, -0.2) is 4.39 Å². The van der Waals surface area contributed by atoms with Crippen LogP contribution >= 0.6 is 11.6 Å². The predicted molar refractivity (Wildman–Crippen MR) is 84.0 cm³/mol. The van der Waals surface area contributed by atoms with E-state index in [1.807, 2.05) is 13.8 Å². The molecule has 1 aromatic carbocycles. The number of benzene rings is 1. The zero-order valence-corrected chi connectivity index (χ0v) is 13.1. The van der Waals surface area contributed by atoms with Crippen molar-refractivity contribution in [3.05, 3.63) is 46.9 Å². The Balaban J connectivity index is 2.11. The summed E-state index contributed by atoms with van der Waals surface area (Å²) in [7, 11) is 0. The first-order valence-electron chi connectivity index (χ1n) is 6.90. The highest BCUT2D eigenvalue weighted by molar-refractivity contribution is 6.31. The summed E-state index contributed by atoms with van der Waals surface area (Å²) in [6, 6.07) is 7.49. The van der Waals surface area contributed by atoms with Gasteiger partial charge in [-0.15, -0.1) is 10.2 Å². The highest BCUT2D eigenvalue weighted by Crippen LogP contribution is 2.21. The average molecular weight is 323 g/mol. The van der Waals surface area contributed by atoms with Gasteiger partial charge in [0.15, 0.2) is 11.5 Å². The minimum absolute atomic E-state index is 0.0197. The molecule has 0 bridgehead atoms. The van der Waals surface area contributed by atoms with Crippen molar-refractivity contribution < 1.29 is 9.18 Å². The lowest BCUT2D eigenvalue weighted by Crippen LogP contribution is -2.31. The molecule has 5 nitrogen and oxygen atoms in total. The lowest BCUT2D eigenvalue weighted by Gasteiger charge is -2.17. The summed E-state index contributed by atoms with van der Waals surface area (Å²) in [5, 5.41) is 10.8. The average Bonchev–Trinajstić information content (AvgIpc) is 2.53. The van der Waals surface area contributed by atoms with E-state index in [4.69, 9.17) is 11.6 Å². The van der Waals surface area contributed by atoms with Gasteiger partial charge >= 0.3 is 0 Å². The summed E-state index contributed by atoms with van der Waals surface area (Å²) in [5.41, 5.74) is 0.870. The number of anilines is 2. The molecule has 0 fully saturated rings. The molecule has 1 N–H and O–H groups in total. The van der Waals surface area contributed by atoms with E-state index in [1.165, 1.54) is 18.2 Å². The molecule has 116 valence electrons. The number of halogens is 2. The molecule has 0 aliphatic heterocycles. The SMILES string of the molecule is CCN(CC)C(=O)c1ccc(Nc2ccc(F)c(Cl)c2)nn1. The smallest absolute Gasteiger partial charge is 0.274 e. The Morgan fingerprint density at radius 2 is 1.95 bits per heavy atom. The quantitative estimate of drug-likeness (QED) is 0.915. The van der Waals surface area contributed by atoms with Crippen molar-refractivity contribution in [1.82, 2.24) is 15.1 Å². The van der Waals surface area contributed by atoms with E-state index in [2.05, 4.69) is 15.5 Å². The summed E-state index contributed by atoms with van der Waals surface area (Å²) in [4.78, 5) is 13.8. The molecule has 0 spiro atoms. The molecular weight excluding hydrogens is 307 g/mol. The van der Waals surface area contributed by atoms with Crippen LogP contribution in [0.3, 0.4) is 0 Å². The Kier molecular flexibility index (Phi) is 5.27. The van der Waals surface area contributed by atoms with Crippen molar-refractivity contribution in [3.8, 4) is 0 Å². The summed E-state index contributed by atoms with van der Waals surface area (Å²) >= 11 is 5.71. The van der Waals surface area contributed by atoms with E-state index in [9.17, 15) is 9.18 Å². The van der Waals surface area contributed by atoms with Crippen molar-refractivity contribution >= 4 is 29.0 Å². The van der Waals surface area contributed by atoms with Crippen molar-refractivity contribution in [2.45, 2.75) is 13.8 Å². The minimum Gasteiger partial charge on any atom is -0.339 e. The molecule has 0 radical (unpaired) electrons. The summed E-state index contributed by atoms with van der Waals surface area (Å²) in [5.74, 6) is -0.203. The van der Waals surface area contributed by atoms with E-state index in [1.54, 1.807) is 17.0 Å². The molecular formula is C15H16ClFN4O. The predicted octanol–water partition coefficient (Wildman–Crippen LogP) is 3.49. The van der Waals surface area contributed by atoms with E-state index in [0.717, 1.165) is 0 Å². The molecule has 1 heterocycles. The third kappa shape index (κ3) is 3.71. The highest BCUT2D eigenvalue weighted by atomic mass is 35.5. The molecule has 0 saturated heterocycles. The van der Waals surface area contributed by atoms with Gasteiger partial charge in [0, 0.05) is 18.8 Å². The maximum Gasteiger partial charge on any atom is 0.274 e. The Labute approximate surface area is 133 Å². The largest absolute Gasteiger partial charge is 0.339 e. The molecule has 7 heteroatoms. The van der Waals surface area contributed by atoms with E-state index in [-0.39, 0.29) is 16.6 Å². The normalized spacial score (nSPS) is 10.4. The molecule has 0 aliphatic carbocycles. The van der Waals surface area contributed by atoms with Gasteiger partial charge in [0.25, 0.3) is 5.91 Å². The second kappa shape index (κ2) is 7.17. The van der Waals surface area contributed by atoms with Gasteiger partial charge in [-0.1, -0.05) is 11.6 Å². The fourth-order valence-corrected chi connectivity index (χ4v) is 2.09. The number of nitrogens with one attached hydrogen (secondary N) is 1. The molecule has 2 aromatic rings. The van der Waals surface area contributed by atoms with Crippen LogP contribution in [0.4, 0.5) is 15.9 Å². The fourth-order valence-electron chi connectivity index (χ4n) is 1.91. The first-order chi connectivity index (χ1) is 10.5. The first-order valence-corrected chi connectivity index (χ1v) is 7.28. The summed E-state index contributed by atoms with van der Waals surface area (Å²) < 4.78 is 13.1. The van der Waals surface area contributed by atoms with Crippen LogP contribution in [-0.2, 0) is 0 Å². The van der Waals surface area contributed by atoms with Crippen LogP contribution < -0.4 is 5.32 Å². The molecule has 2 rings (SSSR count). The third-order valence-electron chi connectivity index (χ3n) is 3.13. The van der Waals surface area contributed by atoms with Gasteiger partial charge in [-0.05, 0) is 44.2 Å². The van der Waals surface area contributed by atoms with Gasteiger partial charge in [-0.2, -0.15) is 0 Å². The van der Waals surface area contributed by atoms with Crippen LogP contribution in [0, 0.1) is 5.82 Å². The van der Waals surface area contributed by atoms with Crippen LogP contribution in [0.15, 0.2) is 30.3 Å². The van der Waals surface area contributed by atoms with Crippen LogP contribution in [0.2, 0.25) is 5.02 Å². The van der Waals surface area contributed by atoms with Gasteiger partial charge < -0.3 is 10.2 Å². The molecule has 22 heavy (non-hydrogen) atoms. The van der Waals surface area contributed by atoms with Gasteiger partial charge in [0.05, 0.1) is 5.02 Å². The number of hydrogen-bond donors (Lipinski definition) is 1. The second-order valence-corrected chi connectivity index (χ2v) is 4.94. The second-order valence-electron chi connectivity index (χ2n) is 4.54. The maximum absolute atomic E-state index is 13.1. The summed E-state index contributed by atoms with van der Waals surface area (Å²) in [6.45, 7) is 5.04. The number of rotatable bonds is 5. The number of hydrogen-bond acceptors (Lipinski definition) is 4. The van der Waals surface area contributed by atoms with E-state index in [0.29, 0.717) is 24.6 Å². The monoisotopic (exact) mass is 322 g/mol. The van der Waals surface area contributed by atoms with Crippen LogP contribution in [0.25, 0.3) is 0 Å². The number of carbonyl (C=O) groups excluding carboxylic acids is 1. The third-order valence-corrected chi connectivity index (χ3v) is 3.42. The Bertz CT molecular complexity index is 659. The lowest BCUT2D eigenvalue weighted by atomic mass is 10.3.